The lowest BCUT2D eigenvalue weighted by molar-refractivity contribution is -0.143. The molecule has 1 N–H and O–H groups in total. The van der Waals surface area contributed by atoms with Gasteiger partial charge in [-0.25, -0.2) is 9.97 Å². The van der Waals surface area contributed by atoms with Gasteiger partial charge in [-0.05, 0) is 31.9 Å². The van der Waals surface area contributed by atoms with E-state index >= 15 is 0 Å². The summed E-state index contributed by atoms with van der Waals surface area (Å²) >= 11 is 3.00. The predicted octanol–water partition coefficient (Wildman–Crippen LogP) is 2.54. The minimum atomic E-state index is -1.15. The zero-order valence-corrected chi connectivity index (χ0v) is 17.6. The van der Waals surface area contributed by atoms with Crippen LogP contribution in [-0.2, 0) is 4.79 Å². The van der Waals surface area contributed by atoms with Crippen molar-refractivity contribution in [3.05, 3.63) is 34.3 Å². The molecule has 5 rings (SSSR count). The minimum Gasteiger partial charge on any atom is -0.380 e. The maximum absolute atomic E-state index is 13.1. The predicted molar refractivity (Wildman–Crippen MR) is 112 cm³/mol. The van der Waals surface area contributed by atoms with Gasteiger partial charge in [-0.1, -0.05) is 6.07 Å². The third-order valence-corrected chi connectivity index (χ3v) is 7.55. The molecule has 2 aliphatic rings. The fraction of sp³-hybridized carbons (Fsp3) is 0.400. The summed E-state index contributed by atoms with van der Waals surface area (Å²) in [4.78, 5) is 38.4. The highest BCUT2D eigenvalue weighted by Crippen LogP contribution is 2.37. The van der Waals surface area contributed by atoms with Crippen LogP contribution in [0, 0.1) is 6.92 Å². The minimum absolute atomic E-state index is 0.0433. The molecule has 1 aliphatic carbocycles. The lowest BCUT2D eigenvalue weighted by atomic mass is 10.2. The van der Waals surface area contributed by atoms with Gasteiger partial charge in [0.05, 0.1) is 21.4 Å². The molecule has 2 fully saturated rings. The largest absolute Gasteiger partial charge is 0.380 e. The van der Waals surface area contributed by atoms with E-state index in [1.807, 2.05) is 30.6 Å². The van der Waals surface area contributed by atoms with Crippen molar-refractivity contribution in [2.75, 3.05) is 26.2 Å². The number of amides is 2. The first kappa shape index (κ1) is 18.7. The molecule has 0 radical (unpaired) electrons. The van der Waals surface area contributed by atoms with Crippen LogP contribution in [0.1, 0.15) is 28.2 Å². The van der Waals surface area contributed by atoms with Crippen molar-refractivity contribution in [1.29, 1.82) is 0 Å². The molecule has 7 nitrogen and oxygen atoms in total. The standard InChI is InChI=1S/C20H20N4O3S2/c1-12-16(29-17(22-12)13-2-3-15-14(10-13)21-11-28-15)18(25)23-6-8-24(9-7-23)19(26)20(27)4-5-20/h2-3,10-11,27H,4-9H2,1H3. The summed E-state index contributed by atoms with van der Waals surface area (Å²) in [6, 6.07) is 6.05. The third-order valence-electron chi connectivity index (χ3n) is 5.54. The summed E-state index contributed by atoms with van der Waals surface area (Å²) in [6.07, 6.45) is 1.08. The summed E-state index contributed by atoms with van der Waals surface area (Å²) in [5.41, 5.74) is 3.30. The van der Waals surface area contributed by atoms with E-state index in [0.717, 1.165) is 26.5 Å². The highest BCUT2D eigenvalue weighted by molar-refractivity contribution is 7.17. The second-order valence-electron chi connectivity index (χ2n) is 7.58. The van der Waals surface area contributed by atoms with E-state index in [4.69, 9.17) is 0 Å². The van der Waals surface area contributed by atoms with Gasteiger partial charge in [0.15, 0.2) is 0 Å². The number of carbonyl (C=O) groups is 2. The maximum atomic E-state index is 13.1. The van der Waals surface area contributed by atoms with Crippen molar-refractivity contribution in [2.45, 2.75) is 25.4 Å². The van der Waals surface area contributed by atoms with Gasteiger partial charge in [0.1, 0.15) is 15.5 Å². The number of carbonyl (C=O) groups excluding carboxylic acids is 2. The van der Waals surface area contributed by atoms with Gasteiger partial charge in [-0.2, -0.15) is 0 Å². The van der Waals surface area contributed by atoms with Crippen LogP contribution in [0.2, 0.25) is 0 Å². The van der Waals surface area contributed by atoms with Crippen molar-refractivity contribution in [1.82, 2.24) is 19.8 Å². The molecule has 0 bridgehead atoms. The summed E-state index contributed by atoms with van der Waals surface area (Å²) in [7, 11) is 0. The van der Waals surface area contributed by atoms with Gasteiger partial charge >= 0.3 is 0 Å². The number of hydrogen-bond acceptors (Lipinski definition) is 7. The van der Waals surface area contributed by atoms with Gasteiger partial charge in [0.2, 0.25) is 0 Å². The number of rotatable bonds is 3. The molecular weight excluding hydrogens is 408 g/mol. The van der Waals surface area contributed by atoms with E-state index in [1.54, 1.807) is 21.1 Å². The topological polar surface area (TPSA) is 86.6 Å². The second-order valence-corrected chi connectivity index (χ2v) is 9.47. The number of thiazole rings is 2. The van der Waals surface area contributed by atoms with E-state index in [1.165, 1.54) is 11.3 Å². The Morgan fingerprint density at radius 1 is 1.14 bits per heavy atom. The summed E-state index contributed by atoms with van der Waals surface area (Å²) in [5, 5.41) is 10.8. The van der Waals surface area contributed by atoms with Gasteiger partial charge in [-0.3, -0.25) is 9.59 Å². The number of aryl methyl sites for hydroxylation is 1. The number of nitrogens with zero attached hydrogens (tertiary/aromatic N) is 4. The molecule has 0 atom stereocenters. The fourth-order valence-corrected chi connectivity index (χ4v) is 5.28. The summed E-state index contributed by atoms with van der Waals surface area (Å²) in [6.45, 7) is 3.71. The van der Waals surface area contributed by atoms with E-state index in [9.17, 15) is 14.7 Å². The van der Waals surface area contributed by atoms with Crippen LogP contribution in [-0.4, -0.2) is 68.5 Å². The van der Waals surface area contributed by atoms with E-state index in [2.05, 4.69) is 9.97 Å². The summed E-state index contributed by atoms with van der Waals surface area (Å²) in [5.74, 6) is -0.239. The smallest absolute Gasteiger partial charge is 0.265 e. The van der Waals surface area contributed by atoms with E-state index in [-0.39, 0.29) is 11.8 Å². The van der Waals surface area contributed by atoms with Crippen LogP contribution in [0.15, 0.2) is 23.7 Å². The van der Waals surface area contributed by atoms with Crippen LogP contribution in [0.3, 0.4) is 0 Å². The van der Waals surface area contributed by atoms with Crippen molar-refractivity contribution in [3.8, 4) is 10.6 Å². The maximum Gasteiger partial charge on any atom is 0.265 e. The monoisotopic (exact) mass is 428 g/mol. The van der Waals surface area contributed by atoms with Crippen LogP contribution < -0.4 is 0 Å². The number of piperazine rings is 1. The summed E-state index contributed by atoms with van der Waals surface area (Å²) < 4.78 is 1.13. The Kier molecular flexibility index (Phi) is 4.41. The number of benzene rings is 1. The Balaban J connectivity index is 1.31. The molecule has 29 heavy (non-hydrogen) atoms. The fourth-order valence-electron chi connectivity index (χ4n) is 3.59. The molecule has 2 amide bonds. The highest BCUT2D eigenvalue weighted by Gasteiger charge is 2.50. The van der Waals surface area contributed by atoms with Crippen LogP contribution in [0.4, 0.5) is 0 Å². The zero-order chi connectivity index (χ0) is 20.2. The zero-order valence-electron chi connectivity index (χ0n) is 15.9. The van der Waals surface area contributed by atoms with Crippen LogP contribution in [0.5, 0.6) is 0 Å². The van der Waals surface area contributed by atoms with Gasteiger partial charge in [0.25, 0.3) is 11.8 Å². The lowest BCUT2D eigenvalue weighted by Gasteiger charge is -2.35. The van der Waals surface area contributed by atoms with Crippen molar-refractivity contribution < 1.29 is 14.7 Å². The molecule has 3 heterocycles. The number of aromatic nitrogens is 2. The van der Waals surface area contributed by atoms with Gasteiger partial charge < -0.3 is 14.9 Å². The Morgan fingerprint density at radius 2 is 1.86 bits per heavy atom. The quantitative estimate of drug-likeness (QED) is 0.693. The number of fused-ring (bicyclic) bond motifs is 1. The Bertz CT molecular complexity index is 1110. The van der Waals surface area contributed by atoms with Crippen molar-refractivity contribution >= 4 is 44.7 Å². The normalized spacial score (nSPS) is 18.3. The average molecular weight is 429 g/mol. The molecule has 0 unspecified atom stereocenters. The molecule has 3 aromatic rings. The Labute approximate surface area is 175 Å². The molecule has 1 saturated carbocycles. The SMILES string of the molecule is Cc1nc(-c2ccc3scnc3c2)sc1C(=O)N1CCN(C(=O)C2(O)CC2)CC1. The lowest BCUT2D eigenvalue weighted by Crippen LogP contribution is -2.53. The first-order valence-electron chi connectivity index (χ1n) is 9.57. The Hall–Kier alpha value is -2.36. The Morgan fingerprint density at radius 3 is 2.59 bits per heavy atom. The number of hydrogen-bond donors (Lipinski definition) is 1. The van der Waals surface area contributed by atoms with E-state index in [0.29, 0.717) is 43.9 Å². The van der Waals surface area contributed by atoms with Gasteiger partial charge in [-0.15, -0.1) is 22.7 Å². The molecule has 1 saturated heterocycles. The first-order valence-corrected chi connectivity index (χ1v) is 11.3. The van der Waals surface area contributed by atoms with Crippen LogP contribution in [0.25, 0.3) is 20.8 Å². The van der Waals surface area contributed by atoms with Gasteiger partial charge in [0, 0.05) is 31.7 Å². The van der Waals surface area contributed by atoms with E-state index < -0.39 is 5.60 Å². The molecule has 9 heteroatoms. The first-order chi connectivity index (χ1) is 13.9. The van der Waals surface area contributed by atoms with Crippen LogP contribution >= 0.6 is 22.7 Å². The number of aliphatic hydroxyl groups is 1. The highest BCUT2D eigenvalue weighted by atomic mass is 32.1. The van der Waals surface area contributed by atoms with Crippen molar-refractivity contribution in [2.24, 2.45) is 0 Å². The molecule has 2 aromatic heterocycles. The molecule has 1 aromatic carbocycles. The second kappa shape index (κ2) is 6.86. The molecule has 0 spiro atoms. The third kappa shape index (κ3) is 3.33. The molecular formula is C20H20N4O3S2. The van der Waals surface area contributed by atoms with Crippen molar-refractivity contribution in [3.63, 3.8) is 0 Å². The molecule has 1 aliphatic heterocycles. The molecule has 150 valence electrons. The average Bonchev–Trinajstić information content (AvgIpc) is 3.15.